The summed E-state index contributed by atoms with van der Waals surface area (Å²) in [5.41, 5.74) is 1.43. The van der Waals surface area contributed by atoms with Crippen molar-refractivity contribution in [3.8, 4) is 11.1 Å². The highest BCUT2D eigenvalue weighted by molar-refractivity contribution is 5.96. The molecule has 0 aliphatic rings. The first kappa shape index (κ1) is 25.2. The number of carboxylic acids is 1. The molecule has 7 heteroatoms. The highest BCUT2D eigenvalue weighted by atomic mass is 16.5. The maximum atomic E-state index is 12.9. The maximum Gasteiger partial charge on any atom is 0.357 e. The molecule has 0 amide bonds. The molecular formula is C27H32N2O5. The van der Waals surface area contributed by atoms with Crippen LogP contribution in [0.25, 0.3) is 11.1 Å². The number of carbonyl (C=O) groups excluding carboxylic acids is 1. The van der Waals surface area contributed by atoms with Gasteiger partial charge in [-0.15, -0.1) is 0 Å². The summed E-state index contributed by atoms with van der Waals surface area (Å²) in [5.74, 6) is -0.930. The standard InChI is InChI=1S/C27H32N2O5/c1-5-7-13-22-28-24(27(3,4)33)23(26(32)34-6-2)29(22)17-18-14-15-20(21(16-18)25(30)31)19-11-9-8-10-12-19/h8-12,14-16,33H,5-7,13,17H2,1-4H3,(H,30,31). The minimum Gasteiger partial charge on any atom is -0.478 e. The first-order valence-electron chi connectivity index (χ1n) is 11.6. The van der Waals surface area contributed by atoms with Gasteiger partial charge < -0.3 is 19.5 Å². The molecule has 2 N–H and O–H groups in total. The Hall–Kier alpha value is -3.45. The molecule has 1 heterocycles. The average molecular weight is 465 g/mol. The Balaban J connectivity index is 2.13. The fourth-order valence-corrected chi connectivity index (χ4v) is 3.95. The Morgan fingerprint density at radius 2 is 1.79 bits per heavy atom. The van der Waals surface area contributed by atoms with Gasteiger partial charge in [0.1, 0.15) is 17.1 Å². The zero-order valence-corrected chi connectivity index (χ0v) is 20.2. The predicted octanol–water partition coefficient (Wildman–Crippen LogP) is 5.04. The summed E-state index contributed by atoms with van der Waals surface area (Å²) in [4.78, 5) is 29.7. The minimum absolute atomic E-state index is 0.180. The Morgan fingerprint density at radius 1 is 1.09 bits per heavy atom. The highest BCUT2D eigenvalue weighted by Gasteiger charge is 2.32. The van der Waals surface area contributed by atoms with E-state index in [-0.39, 0.29) is 30.1 Å². The molecule has 3 aromatic rings. The number of aromatic nitrogens is 2. The number of aryl methyl sites for hydroxylation is 1. The summed E-state index contributed by atoms with van der Waals surface area (Å²) in [7, 11) is 0. The van der Waals surface area contributed by atoms with E-state index in [4.69, 9.17) is 4.74 Å². The second kappa shape index (κ2) is 10.7. The van der Waals surface area contributed by atoms with Crippen molar-refractivity contribution in [3.05, 3.63) is 76.9 Å². The Labute approximate surface area is 200 Å². The van der Waals surface area contributed by atoms with Crippen molar-refractivity contribution in [2.45, 2.75) is 59.1 Å². The van der Waals surface area contributed by atoms with E-state index in [2.05, 4.69) is 11.9 Å². The molecular weight excluding hydrogens is 432 g/mol. The van der Waals surface area contributed by atoms with E-state index < -0.39 is 17.5 Å². The van der Waals surface area contributed by atoms with Gasteiger partial charge in [-0.25, -0.2) is 14.6 Å². The van der Waals surface area contributed by atoms with Gasteiger partial charge in [0.05, 0.1) is 12.2 Å². The molecule has 180 valence electrons. The monoisotopic (exact) mass is 464 g/mol. The van der Waals surface area contributed by atoms with E-state index in [9.17, 15) is 19.8 Å². The Morgan fingerprint density at radius 3 is 2.38 bits per heavy atom. The molecule has 0 radical (unpaired) electrons. The SMILES string of the molecule is CCCCc1nc(C(C)(C)O)c(C(=O)OCC)n1Cc1ccc(-c2ccccc2)c(C(=O)O)c1. The number of rotatable bonds is 10. The molecule has 7 nitrogen and oxygen atoms in total. The number of esters is 1. The average Bonchev–Trinajstić information content (AvgIpc) is 3.17. The molecule has 0 aliphatic carbocycles. The molecule has 2 aromatic carbocycles. The largest absolute Gasteiger partial charge is 0.478 e. The van der Waals surface area contributed by atoms with Crippen LogP contribution in [0, 0.1) is 0 Å². The van der Waals surface area contributed by atoms with Gasteiger partial charge >= 0.3 is 11.9 Å². The molecule has 0 bridgehead atoms. The van der Waals surface area contributed by atoms with Crippen LogP contribution >= 0.6 is 0 Å². The number of imidazole rings is 1. The third-order valence-corrected chi connectivity index (χ3v) is 5.59. The van der Waals surface area contributed by atoms with Crippen LogP contribution in [0.2, 0.25) is 0 Å². The van der Waals surface area contributed by atoms with Crippen LogP contribution < -0.4 is 0 Å². The van der Waals surface area contributed by atoms with E-state index in [1.165, 1.54) is 0 Å². The fourth-order valence-electron chi connectivity index (χ4n) is 3.95. The lowest BCUT2D eigenvalue weighted by Crippen LogP contribution is -2.23. The lowest BCUT2D eigenvalue weighted by Gasteiger charge is -2.18. The van der Waals surface area contributed by atoms with Gasteiger partial charge in [0.25, 0.3) is 0 Å². The number of carbonyl (C=O) groups is 2. The van der Waals surface area contributed by atoms with Crippen LogP contribution in [0.1, 0.15) is 78.5 Å². The number of carboxylic acid groups (broad SMARTS) is 1. The molecule has 3 rings (SSSR count). The lowest BCUT2D eigenvalue weighted by molar-refractivity contribution is 0.0469. The van der Waals surface area contributed by atoms with Gasteiger partial charge in [-0.05, 0) is 49.9 Å². The van der Waals surface area contributed by atoms with Gasteiger partial charge in [-0.3, -0.25) is 0 Å². The second-order valence-corrected chi connectivity index (χ2v) is 8.75. The summed E-state index contributed by atoms with van der Waals surface area (Å²) in [6.45, 7) is 7.38. The molecule has 1 aromatic heterocycles. The fraction of sp³-hybridized carbons (Fsp3) is 0.370. The van der Waals surface area contributed by atoms with Crippen LogP contribution in [0.5, 0.6) is 0 Å². The van der Waals surface area contributed by atoms with Crippen LogP contribution in [0.4, 0.5) is 0 Å². The summed E-state index contributed by atoms with van der Waals surface area (Å²) < 4.78 is 7.05. The van der Waals surface area contributed by atoms with E-state index in [1.807, 2.05) is 36.4 Å². The molecule has 0 aliphatic heterocycles. The number of hydrogen-bond acceptors (Lipinski definition) is 5. The van der Waals surface area contributed by atoms with Crippen LogP contribution in [-0.2, 0) is 23.3 Å². The molecule has 34 heavy (non-hydrogen) atoms. The zero-order chi connectivity index (χ0) is 24.9. The van der Waals surface area contributed by atoms with Crippen LogP contribution in [-0.4, -0.2) is 38.3 Å². The van der Waals surface area contributed by atoms with Gasteiger partial charge in [0.15, 0.2) is 5.69 Å². The number of aromatic carboxylic acids is 1. The number of nitrogens with zero attached hydrogens (tertiary/aromatic N) is 2. The van der Waals surface area contributed by atoms with Crippen LogP contribution in [0.15, 0.2) is 48.5 Å². The minimum atomic E-state index is -1.35. The quantitative estimate of drug-likeness (QED) is 0.408. The van der Waals surface area contributed by atoms with Gasteiger partial charge in [0.2, 0.25) is 0 Å². The normalized spacial score (nSPS) is 11.4. The number of ether oxygens (including phenoxy) is 1. The van der Waals surface area contributed by atoms with E-state index in [1.54, 1.807) is 37.5 Å². The first-order valence-corrected chi connectivity index (χ1v) is 11.6. The molecule has 0 unspecified atom stereocenters. The van der Waals surface area contributed by atoms with E-state index in [0.29, 0.717) is 23.4 Å². The lowest BCUT2D eigenvalue weighted by atomic mass is 9.97. The molecule has 0 fully saturated rings. The van der Waals surface area contributed by atoms with Gasteiger partial charge in [-0.1, -0.05) is 55.8 Å². The molecule has 0 saturated carbocycles. The maximum absolute atomic E-state index is 12.9. The number of hydrogen-bond donors (Lipinski definition) is 2. The number of unbranched alkanes of at least 4 members (excludes halogenated alkanes) is 1. The molecule has 0 atom stereocenters. The van der Waals surface area contributed by atoms with Crippen LogP contribution in [0.3, 0.4) is 0 Å². The Kier molecular flexibility index (Phi) is 7.89. The summed E-state index contributed by atoms with van der Waals surface area (Å²) >= 11 is 0. The van der Waals surface area contributed by atoms with Crippen molar-refractivity contribution in [3.63, 3.8) is 0 Å². The zero-order valence-electron chi connectivity index (χ0n) is 20.2. The Bertz CT molecular complexity index is 1160. The van der Waals surface area contributed by atoms with Gasteiger partial charge in [-0.2, -0.15) is 0 Å². The van der Waals surface area contributed by atoms with Crippen molar-refractivity contribution >= 4 is 11.9 Å². The van der Waals surface area contributed by atoms with E-state index in [0.717, 1.165) is 18.4 Å². The third-order valence-electron chi connectivity index (χ3n) is 5.59. The molecule has 0 saturated heterocycles. The topological polar surface area (TPSA) is 102 Å². The summed E-state index contributed by atoms with van der Waals surface area (Å²) in [6.07, 6.45) is 2.42. The number of benzene rings is 2. The smallest absolute Gasteiger partial charge is 0.357 e. The molecule has 0 spiro atoms. The third kappa shape index (κ3) is 5.54. The van der Waals surface area contributed by atoms with Crippen molar-refractivity contribution < 1.29 is 24.5 Å². The number of aliphatic hydroxyl groups is 1. The summed E-state index contributed by atoms with van der Waals surface area (Å²) in [5, 5.41) is 20.6. The second-order valence-electron chi connectivity index (χ2n) is 8.75. The first-order chi connectivity index (χ1) is 16.2. The van der Waals surface area contributed by atoms with Crippen molar-refractivity contribution in [1.82, 2.24) is 9.55 Å². The van der Waals surface area contributed by atoms with Crippen molar-refractivity contribution in [2.24, 2.45) is 0 Å². The van der Waals surface area contributed by atoms with Crippen molar-refractivity contribution in [2.75, 3.05) is 6.61 Å². The van der Waals surface area contributed by atoms with Crippen molar-refractivity contribution in [1.29, 1.82) is 0 Å². The highest BCUT2D eigenvalue weighted by Crippen LogP contribution is 2.29. The predicted molar refractivity (Wildman–Crippen MR) is 130 cm³/mol. The van der Waals surface area contributed by atoms with Gasteiger partial charge in [0, 0.05) is 13.0 Å². The summed E-state index contributed by atoms with van der Waals surface area (Å²) in [6, 6.07) is 14.6. The van der Waals surface area contributed by atoms with E-state index >= 15 is 0 Å².